The van der Waals surface area contributed by atoms with E-state index in [0.29, 0.717) is 0 Å². The van der Waals surface area contributed by atoms with Crippen LogP contribution in [-0.2, 0) is 5.41 Å². The summed E-state index contributed by atoms with van der Waals surface area (Å²) in [5, 5.41) is 2.40. The van der Waals surface area contributed by atoms with E-state index in [1.54, 1.807) is 0 Å². The number of fused-ring (bicyclic) bond motifs is 6. The number of benzene rings is 10. The summed E-state index contributed by atoms with van der Waals surface area (Å²) in [6.07, 6.45) is 0. The van der Waals surface area contributed by atoms with Gasteiger partial charge in [0.2, 0.25) is 0 Å². The Bertz CT molecular complexity index is 3560. The molecular weight excluding hydrogens is 785 g/mol. The lowest BCUT2D eigenvalue weighted by Crippen LogP contribution is -2.15. The fourth-order valence-corrected chi connectivity index (χ4v) is 10.7. The van der Waals surface area contributed by atoms with E-state index in [1.807, 2.05) is 0 Å². The molecule has 1 aliphatic carbocycles. The summed E-state index contributed by atoms with van der Waals surface area (Å²) in [4.78, 5) is 2.57. The van der Waals surface area contributed by atoms with Crippen molar-refractivity contribution in [2.75, 3.05) is 4.90 Å². The number of hydrogen-bond acceptors (Lipinski definition) is 1. The Kier molecular flexibility index (Phi) is 9.21. The highest BCUT2D eigenvalue weighted by Crippen LogP contribution is 2.54. The summed E-state index contributed by atoms with van der Waals surface area (Å²) in [7, 11) is 0. The van der Waals surface area contributed by atoms with Crippen molar-refractivity contribution in [2.24, 2.45) is 0 Å². The molecule has 12 rings (SSSR count). The minimum absolute atomic E-state index is 0.139. The average Bonchev–Trinajstić information content (AvgIpc) is 3.83. The predicted molar refractivity (Wildman–Crippen MR) is 275 cm³/mol. The molecule has 0 N–H and O–H groups in total. The van der Waals surface area contributed by atoms with Crippen LogP contribution in [-0.4, -0.2) is 4.57 Å². The van der Waals surface area contributed by atoms with Gasteiger partial charge in [0.25, 0.3) is 0 Å². The first kappa shape index (κ1) is 38.5. The van der Waals surface area contributed by atoms with E-state index in [2.05, 4.69) is 266 Å². The van der Waals surface area contributed by atoms with Crippen molar-refractivity contribution in [2.45, 2.75) is 19.3 Å². The average molecular weight is 831 g/mol. The van der Waals surface area contributed by atoms with Crippen LogP contribution in [0, 0.1) is 0 Å². The maximum atomic E-state index is 2.57. The molecule has 11 aromatic rings. The van der Waals surface area contributed by atoms with Crippen LogP contribution >= 0.6 is 0 Å². The van der Waals surface area contributed by atoms with Gasteiger partial charge in [-0.15, -0.1) is 0 Å². The maximum absolute atomic E-state index is 2.57. The third kappa shape index (κ3) is 6.25. The van der Waals surface area contributed by atoms with E-state index in [4.69, 9.17) is 0 Å². The number of rotatable bonds is 8. The number of hydrogen-bond donors (Lipinski definition) is 0. The Labute approximate surface area is 381 Å². The number of anilines is 3. The highest BCUT2D eigenvalue weighted by molar-refractivity contribution is 6.18. The third-order valence-corrected chi connectivity index (χ3v) is 13.6. The van der Waals surface area contributed by atoms with Crippen molar-refractivity contribution in [3.8, 4) is 61.3 Å². The molecule has 308 valence electrons. The van der Waals surface area contributed by atoms with Gasteiger partial charge in [-0.3, -0.25) is 0 Å². The second kappa shape index (κ2) is 15.6. The Morgan fingerprint density at radius 1 is 0.338 bits per heavy atom. The first-order valence-electron chi connectivity index (χ1n) is 22.6. The van der Waals surface area contributed by atoms with Gasteiger partial charge in [0.15, 0.2) is 0 Å². The van der Waals surface area contributed by atoms with Crippen molar-refractivity contribution < 1.29 is 0 Å². The fraction of sp³-hybridized carbons (Fsp3) is 0.0476. The van der Waals surface area contributed by atoms with Crippen molar-refractivity contribution in [1.29, 1.82) is 0 Å². The maximum Gasteiger partial charge on any atom is 0.0562 e. The molecule has 0 radical (unpaired) electrons. The molecule has 0 fully saturated rings. The normalized spacial score (nSPS) is 12.6. The summed E-state index contributed by atoms with van der Waals surface area (Å²) in [5.74, 6) is 0. The molecule has 0 saturated heterocycles. The first-order chi connectivity index (χ1) is 32.1. The zero-order chi connectivity index (χ0) is 43.5. The molecule has 1 aliphatic rings. The van der Waals surface area contributed by atoms with Gasteiger partial charge in [0.05, 0.1) is 28.1 Å². The Hall–Kier alpha value is -8.20. The minimum Gasteiger partial charge on any atom is -0.309 e. The number of para-hydroxylation sites is 3. The third-order valence-electron chi connectivity index (χ3n) is 13.6. The summed E-state index contributed by atoms with van der Waals surface area (Å²) in [6.45, 7) is 4.74. The molecule has 0 amide bonds. The van der Waals surface area contributed by atoms with Crippen LogP contribution in [0.2, 0.25) is 0 Å². The lowest BCUT2D eigenvalue weighted by atomic mass is 9.81. The molecule has 2 nitrogen and oxygen atoms in total. The van der Waals surface area contributed by atoms with Crippen LogP contribution in [0.15, 0.2) is 243 Å². The van der Waals surface area contributed by atoms with Gasteiger partial charge in [-0.05, 0) is 104 Å². The van der Waals surface area contributed by atoms with Gasteiger partial charge in [-0.2, -0.15) is 0 Å². The largest absolute Gasteiger partial charge is 0.309 e. The second-order valence-corrected chi connectivity index (χ2v) is 17.6. The van der Waals surface area contributed by atoms with Gasteiger partial charge in [0.1, 0.15) is 0 Å². The standard InChI is InChI=1S/C63H46N2/c1-63(2)54-34-17-14-30-50(54)51-41-40-45(42-55(51)63)48-29-15-18-35-56(48)65(60-39-21-38-59-62(60)53-32-16-19-36-57(53)64(59)46-26-10-5-11-27-46)58-37-20-33-49(44-24-8-4-9-25-44)61(58)52-31-13-12-28-47(52)43-22-6-3-7-23-43/h3-42H,1-2H3. The zero-order valence-electron chi connectivity index (χ0n) is 36.5. The van der Waals surface area contributed by atoms with Crippen LogP contribution in [0.5, 0.6) is 0 Å². The quantitative estimate of drug-likeness (QED) is 0.148. The Balaban J connectivity index is 1.20. The summed E-state index contributed by atoms with van der Waals surface area (Å²) < 4.78 is 2.42. The zero-order valence-corrected chi connectivity index (χ0v) is 36.5. The van der Waals surface area contributed by atoms with Crippen molar-refractivity contribution >= 4 is 38.9 Å². The van der Waals surface area contributed by atoms with E-state index < -0.39 is 0 Å². The lowest BCUT2D eigenvalue weighted by molar-refractivity contribution is 0.660. The van der Waals surface area contributed by atoms with Crippen molar-refractivity contribution in [1.82, 2.24) is 4.57 Å². The smallest absolute Gasteiger partial charge is 0.0562 e. The predicted octanol–water partition coefficient (Wildman–Crippen LogP) is 17.2. The Morgan fingerprint density at radius 2 is 0.862 bits per heavy atom. The van der Waals surface area contributed by atoms with Crippen LogP contribution in [0.4, 0.5) is 17.1 Å². The second-order valence-electron chi connectivity index (χ2n) is 17.6. The van der Waals surface area contributed by atoms with Crippen LogP contribution in [0.3, 0.4) is 0 Å². The topological polar surface area (TPSA) is 8.17 Å². The highest BCUT2D eigenvalue weighted by atomic mass is 15.2. The molecule has 0 spiro atoms. The monoisotopic (exact) mass is 830 g/mol. The van der Waals surface area contributed by atoms with Crippen molar-refractivity contribution in [3.63, 3.8) is 0 Å². The molecule has 0 aliphatic heterocycles. The fourth-order valence-electron chi connectivity index (χ4n) is 10.7. The lowest BCUT2D eigenvalue weighted by Gasteiger charge is -2.32. The Morgan fingerprint density at radius 3 is 1.63 bits per heavy atom. The van der Waals surface area contributed by atoms with Gasteiger partial charge >= 0.3 is 0 Å². The van der Waals surface area contributed by atoms with E-state index in [1.165, 1.54) is 83.1 Å². The minimum atomic E-state index is -0.139. The van der Waals surface area contributed by atoms with Crippen LogP contribution in [0.25, 0.3) is 83.1 Å². The molecule has 1 heterocycles. The van der Waals surface area contributed by atoms with Gasteiger partial charge in [0, 0.05) is 33.0 Å². The van der Waals surface area contributed by atoms with E-state index in [9.17, 15) is 0 Å². The van der Waals surface area contributed by atoms with Crippen molar-refractivity contribution in [3.05, 3.63) is 254 Å². The molecule has 0 saturated carbocycles. The molecule has 0 bridgehead atoms. The number of aromatic nitrogens is 1. The molecular formula is C63H46N2. The summed E-state index contributed by atoms with van der Waals surface area (Å²) >= 11 is 0. The van der Waals surface area contributed by atoms with Gasteiger partial charge < -0.3 is 9.47 Å². The first-order valence-corrected chi connectivity index (χ1v) is 22.6. The summed E-state index contributed by atoms with van der Waals surface area (Å²) in [6, 6.07) is 89.1. The van der Waals surface area contributed by atoms with Crippen LogP contribution in [0.1, 0.15) is 25.0 Å². The molecule has 10 aromatic carbocycles. The van der Waals surface area contributed by atoms with Gasteiger partial charge in [-0.25, -0.2) is 0 Å². The van der Waals surface area contributed by atoms with Crippen LogP contribution < -0.4 is 4.90 Å². The molecule has 2 heteroatoms. The summed E-state index contributed by atoms with van der Waals surface area (Å²) in [5.41, 5.74) is 21.4. The van der Waals surface area contributed by atoms with E-state index >= 15 is 0 Å². The molecule has 65 heavy (non-hydrogen) atoms. The molecule has 1 aromatic heterocycles. The van der Waals surface area contributed by atoms with E-state index in [-0.39, 0.29) is 5.41 Å². The SMILES string of the molecule is CC1(C)c2ccccc2-c2ccc(-c3ccccc3N(c3cccc(-c4ccccc4)c3-c3ccccc3-c3ccccc3)c3cccc4c3c3ccccc3n4-c3ccccc3)cc21. The number of nitrogens with zero attached hydrogens (tertiary/aromatic N) is 2. The van der Waals surface area contributed by atoms with Gasteiger partial charge in [-0.1, -0.05) is 208 Å². The molecule has 0 atom stereocenters. The van der Waals surface area contributed by atoms with E-state index in [0.717, 1.165) is 28.3 Å². The molecule has 0 unspecified atom stereocenters. The highest BCUT2D eigenvalue weighted by Gasteiger charge is 2.36.